The number of benzene rings is 1. The van der Waals surface area contributed by atoms with Gasteiger partial charge in [-0.25, -0.2) is 4.79 Å². The second-order valence-corrected chi connectivity index (χ2v) is 13.9. The molecule has 0 bridgehead atoms. The fraction of sp³-hybridized carbons (Fsp3) is 0.533. The van der Waals surface area contributed by atoms with Crippen molar-refractivity contribution >= 4 is 53.8 Å². The average Bonchev–Trinajstić information content (AvgIpc) is 2.91. The number of anilines is 1. The molecule has 17 heteroatoms. The van der Waals surface area contributed by atoms with Crippen LogP contribution in [-0.4, -0.2) is 64.0 Å². The molecule has 1 aromatic carbocycles. The lowest BCUT2D eigenvalue weighted by atomic mass is 9.99. The molecule has 1 aromatic heterocycles. The van der Waals surface area contributed by atoms with Gasteiger partial charge in [-0.3, -0.25) is 29.2 Å². The molecule has 47 heavy (non-hydrogen) atoms. The molecule has 16 nitrogen and oxygen atoms in total. The number of rotatable bonds is 17. The first-order valence-electron chi connectivity index (χ1n) is 15.2. The molecule has 0 radical (unpaired) electrons. The highest BCUT2D eigenvalue weighted by Crippen LogP contribution is 2.40. The zero-order valence-electron chi connectivity index (χ0n) is 27.2. The van der Waals surface area contributed by atoms with E-state index >= 15 is 0 Å². The molecule has 0 saturated heterocycles. The summed E-state index contributed by atoms with van der Waals surface area (Å²) in [5.41, 5.74) is 4.77. The van der Waals surface area contributed by atoms with Crippen LogP contribution < -0.4 is 37.9 Å². The summed E-state index contributed by atoms with van der Waals surface area (Å²) in [6.07, 6.45) is 0.336. The van der Waals surface area contributed by atoms with E-state index in [9.17, 15) is 38.3 Å². The second-order valence-electron chi connectivity index (χ2n) is 12.2. The standard InChI is InChI=1S/C30H46N7O9P/c1-16(2)11-23(34-18(5)38)28(41)37-24(12-17(3)4)29(42)36-22(7-6-10-33-30(31)32)27(40)35-20-8-9-21-19(15-47(43,44)45)13-26(39)46-25(21)14-20/h8-9,13-14,16-17,22-24H,6-7,10-12,15H2,1-5H3,(H,34,38)(H,35,40)(H,36,42)(H,37,41)(H4,31,32,33)(H2,43,44,45)/t22-,23-,24-/m0/s1. The van der Waals surface area contributed by atoms with Gasteiger partial charge in [-0.15, -0.1) is 0 Å². The summed E-state index contributed by atoms with van der Waals surface area (Å²) in [6.45, 7) is 9.07. The summed E-state index contributed by atoms with van der Waals surface area (Å²) >= 11 is 0. The molecule has 0 fully saturated rings. The lowest BCUT2D eigenvalue weighted by Crippen LogP contribution is -2.56. The molecule has 0 aliphatic heterocycles. The molecule has 2 aromatic rings. The normalized spacial score (nSPS) is 13.5. The van der Waals surface area contributed by atoms with E-state index < -0.39 is 61.1 Å². The number of hydrogen-bond donors (Lipinski definition) is 9. The number of nitrogens with two attached hydrogens (primary N) is 1. The molecule has 0 unspecified atom stereocenters. The molecule has 0 spiro atoms. The maximum atomic E-state index is 13.6. The van der Waals surface area contributed by atoms with Crippen molar-refractivity contribution in [1.29, 1.82) is 5.41 Å². The van der Waals surface area contributed by atoms with Gasteiger partial charge in [0.05, 0.1) is 6.16 Å². The Kier molecular flexibility index (Phi) is 14.6. The Morgan fingerprint density at radius 1 is 0.915 bits per heavy atom. The van der Waals surface area contributed by atoms with Crippen molar-refractivity contribution in [2.75, 3.05) is 11.9 Å². The van der Waals surface area contributed by atoms with E-state index in [1.165, 1.54) is 25.1 Å². The largest absolute Gasteiger partial charge is 0.423 e. The fourth-order valence-electron chi connectivity index (χ4n) is 4.88. The Hall–Kier alpha value is -4.27. The SMILES string of the molecule is CC(=O)N[C@@H](CC(C)C)C(=O)N[C@@H](CC(C)C)C(=O)N[C@@H](CCCNC(=N)N)C(=O)Nc1ccc2c(CP(=O)(O)O)cc(=O)oc2c1. The van der Waals surface area contributed by atoms with Crippen LogP contribution in [0.5, 0.6) is 0 Å². The number of carbonyl (C=O) groups excluding carboxylic acids is 4. The second kappa shape index (κ2) is 17.6. The van der Waals surface area contributed by atoms with Crippen LogP contribution in [0.25, 0.3) is 11.0 Å². The van der Waals surface area contributed by atoms with Gasteiger partial charge in [0.25, 0.3) is 0 Å². The number of amides is 4. The molecule has 4 amide bonds. The van der Waals surface area contributed by atoms with Gasteiger partial charge in [0.2, 0.25) is 23.6 Å². The lowest BCUT2D eigenvalue weighted by molar-refractivity contribution is -0.133. The Labute approximate surface area is 272 Å². The molecule has 0 aliphatic carbocycles. The zero-order valence-corrected chi connectivity index (χ0v) is 28.1. The summed E-state index contributed by atoms with van der Waals surface area (Å²) in [5, 5.41) is 21.0. The molecule has 260 valence electrons. The minimum Gasteiger partial charge on any atom is -0.423 e. The number of fused-ring (bicyclic) bond motifs is 1. The molecule has 0 saturated carbocycles. The van der Waals surface area contributed by atoms with Gasteiger partial charge in [-0.05, 0) is 55.2 Å². The van der Waals surface area contributed by atoms with Crippen molar-refractivity contribution in [3.8, 4) is 0 Å². The number of nitrogens with one attached hydrogen (secondary N) is 6. The van der Waals surface area contributed by atoms with Gasteiger partial charge in [0.1, 0.15) is 23.7 Å². The summed E-state index contributed by atoms with van der Waals surface area (Å²) < 4.78 is 16.8. The fourth-order valence-corrected chi connectivity index (χ4v) is 5.59. The first-order chi connectivity index (χ1) is 21.8. The average molecular weight is 680 g/mol. The van der Waals surface area contributed by atoms with E-state index in [1.807, 2.05) is 27.7 Å². The minimum absolute atomic E-state index is 0.0141. The van der Waals surface area contributed by atoms with Gasteiger partial charge in [-0.2, -0.15) is 0 Å². The van der Waals surface area contributed by atoms with E-state index in [0.717, 1.165) is 6.07 Å². The Balaban J connectivity index is 2.33. The third-order valence-corrected chi connectivity index (χ3v) is 7.59. The van der Waals surface area contributed by atoms with E-state index in [0.29, 0.717) is 12.8 Å². The van der Waals surface area contributed by atoms with Crippen LogP contribution in [0.4, 0.5) is 5.69 Å². The molecular formula is C30H46N7O9P. The van der Waals surface area contributed by atoms with Crippen LogP contribution in [0, 0.1) is 17.2 Å². The van der Waals surface area contributed by atoms with Crippen LogP contribution >= 0.6 is 7.60 Å². The number of hydrogen-bond acceptors (Lipinski definition) is 8. The first kappa shape index (κ1) is 38.9. The highest BCUT2D eigenvalue weighted by atomic mass is 31.2. The topological polar surface area (TPSA) is 266 Å². The maximum Gasteiger partial charge on any atom is 0.336 e. The van der Waals surface area contributed by atoms with Gasteiger partial charge in [0.15, 0.2) is 5.96 Å². The number of guanidine groups is 1. The molecule has 3 atom stereocenters. The molecular weight excluding hydrogens is 633 g/mol. The predicted molar refractivity (Wildman–Crippen MR) is 176 cm³/mol. The van der Waals surface area contributed by atoms with Crippen molar-refractivity contribution in [2.45, 2.75) is 84.6 Å². The summed E-state index contributed by atoms with van der Waals surface area (Å²) in [5.74, 6) is -2.39. The Bertz CT molecular complexity index is 1550. The van der Waals surface area contributed by atoms with Crippen LogP contribution in [0.1, 0.15) is 65.9 Å². The monoisotopic (exact) mass is 679 g/mol. The molecule has 1 heterocycles. The Morgan fingerprint density at radius 3 is 2.02 bits per heavy atom. The van der Waals surface area contributed by atoms with E-state index in [1.54, 1.807) is 0 Å². The van der Waals surface area contributed by atoms with Crippen LogP contribution in [0.15, 0.2) is 33.5 Å². The van der Waals surface area contributed by atoms with E-state index in [4.69, 9.17) is 15.6 Å². The molecule has 2 rings (SSSR count). The van der Waals surface area contributed by atoms with Crippen molar-refractivity contribution in [3.05, 3.63) is 40.2 Å². The third kappa shape index (κ3) is 13.9. The van der Waals surface area contributed by atoms with Gasteiger partial charge in [0, 0.05) is 36.7 Å². The minimum atomic E-state index is -4.50. The van der Waals surface area contributed by atoms with Gasteiger partial charge >= 0.3 is 13.2 Å². The van der Waals surface area contributed by atoms with Crippen molar-refractivity contribution < 1.29 is 37.9 Å². The quantitative estimate of drug-likeness (QED) is 0.0377. The Morgan fingerprint density at radius 2 is 1.49 bits per heavy atom. The van der Waals surface area contributed by atoms with E-state index in [-0.39, 0.29) is 59.4 Å². The first-order valence-corrected chi connectivity index (χ1v) is 17.0. The molecule has 10 N–H and O–H groups in total. The smallest absolute Gasteiger partial charge is 0.336 e. The lowest BCUT2D eigenvalue weighted by Gasteiger charge is -2.26. The highest BCUT2D eigenvalue weighted by molar-refractivity contribution is 7.50. The summed E-state index contributed by atoms with van der Waals surface area (Å²) in [6, 6.07) is 2.22. The summed E-state index contributed by atoms with van der Waals surface area (Å²) in [7, 11) is -4.50. The van der Waals surface area contributed by atoms with Crippen LogP contribution in [-0.2, 0) is 29.9 Å². The maximum absolute atomic E-state index is 13.6. The van der Waals surface area contributed by atoms with E-state index in [2.05, 4.69) is 26.6 Å². The van der Waals surface area contributed by atoms with Gasteiger partial charge in [-0.1, -0.05) is 27.7 Å². The van der Waals surface area contributed by atoms with Gasteiger partial charge < -0.3 is 46.5 Å². The summed E-state index contributed by atoms with van der Waals surface area (Å²) in [4.78, 5) is 82.9. The van der Waals surface area contributed by atoms with Crippen molar-refractivity contribution in [1.82, 2.24) is 21.3 Å². The highest BCUT2D eigenvalue weighted by Gasteiger charge is 2.30. The van der Waals surface area contributed by atoms with Crippen molar-refractivity contribution in [3.63, 3.8) is 0 Å². The predicted octanol–water partition coefficient (Wildman–Crippen LogP) is 1.24. The number of carbonyl (C=O) groups is 4. The van der Waals surface area contributed by atoms with Crippen LogP contribution in [0.3, 0.4) is 0 Å². The third-order valence-electron chi connectivity index (χ3n) is 6.83. The zero-order chi connectivity index (χ0) is 35.5. The molecule has 0 aliphatic rings. The van der Waals surface area contributed by atoms with Crippen molar-refractivity contribution in [2.24, 2.45) is 17.6 Å². The van der Waals surface area contributed by atoms with Crippen LogP contribution in [0.2, 0.25) is 0 Å².